The van der Waals surface area contributed by atoms with Crippen LogP contribution in [0.5, 0.6) is 0 Å². The van der Waals surface area contributed by atoms with Gasteiger partial charge in [-0.2, -0.15) is 0 Å². The van der Waals surface area contributed by atoms with Gasteiger partial charge in [0.2, 0.25) is 0 Å². The van der Waals surface area contributed by atoms with Crippen molar-refractivity contribution in [1.82, 2.24) is 15.0 Å². The number of nitrogens with one attached hydrogen (secondary N) is 2. The Kier molecular flexibility index (Phi) is 3.05. The van der Waals surface area contributed by atoms with Crippen molar-refractivity contribution in [3.63, 3.8) is 0 Å². The van der Waals surface area contributed by atoms with Crippen LogP contribution < -0.4 is 11.1 Å². The lowest BCUT2D eigenvalue weighted by Crippen LogP contribution is -2.09. The highest BCUT2D eigenvalue weighted by Gasteiger charge is 2.00. The van der Waals surface area contributed by atoms with Crippen molar-refractivity contribution in [3.8, 4) is 0 Å². The van der Waals surface area contributed by atoms with E-state index in [0.717, 1.165) is 30.2 Å². The molecular formula is C11H15N5. The summed E-state index contributed by atoms with van der Waals surface area (Å²) in [7, 11) is 0. The Hall–Kier alpha value is -2.04. The molecule has 0 amide bonds. The lowest BCUT2D eigenvalue weighted by Gasteiger charge is -2.08. The molecule has 2 aromatic heterocycles. The minimum absolute atomic E-state index is 0.676. The Balaban J connectivity index is 1.92. The summed E-state index contributed by atoms with van der Waals surface area (Å²) in [6.45, 7) is 2.72. The van der Waals surface area contributed by atoms with Crippen LogP contribution in [-0.2, 0) is 6.42 Å². The minimum Gasteiger partial charge on any atom is -0.396 e. The fraction of sp³-hybridized carbons (Fsp3) is 0.273. The van der Waals surface area contributed by atoms with Gasteiger partial charge in [-0.3, -0.25) is 0 Å². The van der Waals surface area contributed by atoms with Crippen LogP contribution in [-0.4, -0.2) is 21.5 Å². The van der Waals surface area contributed by atoms with Crippen molar-refractivity contribution in [2.75, 3.05) is 17.6 Å². The monoisotopic (exact) mass is 217 g/mol. The maximum atomic E-state index is 5.80. The number of hydrogen-bond donors (Lipinski definition) is 3. The van der Waals surface area contributed by atoms with E-state index in [4.69, 9.17) is 5.73 Å². The van der Waals surface area contributed by atoms with Gasteiger partial charge in [0, 0.05) is 30.6 Å². The number of anilines is 2. The van der Waals surface area contributed by atoms with Gasteiger partial charge in [0.05, 0.1) is 12.0 Å². The highest BCUT2D eigenvalue weighted by molar-refractivity contribution is 5.61. The zero-order valence-electron chi connectivity index (χ0n) is 9.20. The molecule has 0 atom stereocenters. The Bertz CT molecular complexity index is 449. The molecule has 0 spiro atoms. The number of nitrogens with two attached hydrogens (primary N) is 1. The average molecular weight is 217 g/mol. The van der Waals surface area contributed by atoms with Crippen LogP contribution in [0.4, 0.5) is 11.5 Å². The summed E-state index contributed by atoms with van der Waals surface area (Å²) in [5.74, 6) is 0.750. The van der Waals surface area contributed by atoms with Crippen molar-refractivity contribution in [2.45, 2.75) is 13.3 Å². The number of aryl methyl sites for hydroxylation is 1. The predicted molar refractivity (Wildman–Crippen MR) is 64.2 cm³/mol. The largest absolute Gasteiger partial charge is 0.396 e. The van der Waals surface area contributed by atoms with Crippen LogP contribution >= 0.6 is 0 Å². The minimum atomic E-state index is 0.676. The lowest BCUT2D eigenvalue weighted by atomic mass is 10.3. The zero-order chi connectivity index (χ0) is 11.4. The first kappa shape index (κ1) is 10.5. The number of aromatic nitrogens is 3. The van der Waals surface area contributed by atoms with E-state index in [1.807, 2.05) is 25.3 Å². The standard InChI is InChI=1S/C11H15N5/c1-8-2-3-10(12)11(16-8)14-5-4-9-6-13-7-15-9/h2-3,6-7H,4-5,12H2,1H3,(H,13,15)(H,14,16). The molecule has 0 aromatic carbocycles. The molecule has 5 nitrogen and oxygen atoms in total. The molecule has 2 rings (SSSR count). The summed E-state index contributed by atoms with van der Waals surface area (Å²) in [5, 5.41) is 3.21. The summed E-state index contributed by atoms with van der Waals surface area (Å²) >= 11 is 0. The fourth-order valence-corrected chi connectivity index (χ4v) is 1.45. The molecule has 2 heterocycles. The number of nitrogens with zero attached hydrogens (tertiary/aromatic N) is 2. The van der Waals surface area contributed by atoms with Gasteiger partial charge in [-0.15, -0.1) is 0 Å². The molecule has 0 unspecified atom stereocenters. The number of rotatable bonds is 4. The van der Waals surface area contributed by atoms with Crippen LogP contribution in [0.3, 0.4) is 0 Å². The molecule has 16 heavy (non-hydrogen) atoms. The second kappa shape index (κ2) is 4.65. The van der Waals surface area contributed by atoms with E-state index in [2.05, 4.69) is 20.3 Å². The van der Waals surface area contributed by atoms with E-state index >= 15 is 0 Å². The molecular weight excluding hydrogens is 202 g/mol. The van der Waals surface area contributed by atoms with Gasteiger partial charge in [0.15, 0.2) is 0 Å². The summed E-state index contributed by atoms with van der Waals surface area (Å²) in [6, 6.07) is 3.76. The number of nitrogen functional groups attached to an aromatic ring is 1. The van der Waals surface area contributed by atoms with Gasteiger partial charge in [-0.05, 0) is 19.1 Å². The smallest absolute Gasteiger partial charge is 0.149 e. The molecule has 0 fully saturated rings. The predicted octanol–water partition coefficient (Wildman–Crippen LogP) is 1.35. The quantitative estimate of drug-likeness (QED) is 0.722. The highest BCUT2D eigenvalue weighted by Crippen LogP contribution is 2.14. The number of aromatic amines is 1. The molecule has 0 aliphatic rings. The summed E-state index contributed by atoms with van der Waals surface area (Å²) < 4.78 is 0. The third kappa shape index (κ3) is 2.50. The van der Waals surface area contributed by atoms with E-state index in [0.29, 0.717) is 5.69 Å². The van der Waals surface area contributed by atoms with Crippen molar-refractivity contribution >= 4 is 11.5 Å². The first-order chi connectivity index (χ1) is 7.75. The van der Waals surface area contributed by atoms with E-state index in [-0.39, 0.29) is 0 Å². The van der Waals surface area contributed by atoms with Crippen LogP contribution in [0.15, 0.2) is 24.7 Å². The fourth-order valence-electron chi connectivity index (χ4n) is 1.45. The van der Waals surface area contributed by atoms with Crippen LogP contribution in [0, 0.1) is 6.92 Å². The number of pyridine rings is 1. The zero-order valence-corrected chi connectivity index (χ0v) is 9.20. The third-order valence-electron chi connectivity index (χ3n) is 2.31. The van der Waals surface area contributed by atoms with Crippen molar-refractivity contribution in [1.29, 1.82) is 0 Å². The first-order valence-electron chi connectivity index (χ1n) is 5.20. The molecule has 0 aliphatic heterocycles. The lowest BCUT2D eigenvalue weighted by molar-refractivity contribution is 0.966. The molecule has 5 heteroatoms. The Morgan fingerprint density at radius 3 is 3.06 bits per heavy atom. The molecule has 0 radical (unpaired) electrons. The molecule has 0 saturated heterocycles. The Morgan fingerprint density at radius 2 is 2.31 bits per heavy atom. The van der Waals surface area contributed by atoms with Crippen molar-refractivity contribution in [3.05, 3.63) is 36.0 Å². The van der Waals surface area contributed by atoms with Gasteiger partial charge < -0.3 is 16.0 Å². The summed E-state index contributed by atoms with van der Waals surface area (Å²) in [4.78, 5) is 11.3. The van der Waals surface area contributed by atoms with Crippen LogP contribution in [0.1, 0.15) is 11.4 Å². The molecule has 0 aliphatic carbocycles. The second-order valence-corrected chi connectivity index (χ2v) is 3.64. The van der Waals surface area contributed by atoms with Gasteiger partial charge in [-0.25, -0.2) is 9.97 Å². The van der Waals surface area contributed by atoms with Gasteiger partial charge >= 0.3 is 0 Å². The van der Waals surface area contributed by atoms with Crippen LogP contribution in [0.25, 0.3) is 0 Å². The second-order valence-electron chi connectivity index (χ2n) is 3.64. The topological polar surface area (TPSA) is 79.6 Å². The number of imidazole rings is 1. The van der Waals surface area contributed by atoms with E-state index in [1.54, 1.807) is 6.33 Å². The molecule has 84 valence electrons. The summed E-state index contributed by atoms with van der Waals surface area (Å²) in [6.07, 6.45) is 4.36. The van der Waals surface area contributed by atoms with E-state index in [1.165, 1.54) is 0 Å². The third-order valence-corrected chi connectivity index (χ3v) is 2.31. The number of hydrogen-bond acceptors (Lipinski definition) is 4. The Labute approximate surface area is 94.1 Å². The maximum Gasteiger partial charge on any atom is 0.149 e. The van der Waals surface area contributed by atoms with Gasteiger partial charge in [-0.1, -0.05) is 0 Å². The van der Waals surface area contributed by atoms with Gasteiger partial charge in [0.25, 0.3) is 0 Å². The van der Waals surface area contributed by atoms with Crippen molar-refractivity contribution < 1.29 is 0 Å². The van der Waals surface area contributed by atoms with Crippen molar-refractivity contribution in [2.24, 2.45) is 0 Å². The first-order valence-corrected chi connectivity index (χ1v) is 5.20. The highest BCUT2D eigenvalue weighted by atomic mass is 15.0. The normalized spacial score (nSPS) is 10.3. The van der Waals surface area contributed by atoms with Gasteiger partial charge in [0.1, 0.15) is 5.82 Å². The molecule has 4 N–H and O–H groups in total. The average Bonchev–Trinajstić information content (AvgIpc) is 2.76. The molecule has 0 bridgehead atoms. The molecule has 0 saturated carbocycles. The number of H-pyrrole nitrogens is 1. The Morgan fingerprint density at radius 1 is 1.44 bits per heavy atom. The van der Waals surface area contributed by atoms with E-state index < -0.39 is 0 Å². The maximum absolute atomic E-state index is 5.80. The summed E-state index contributed by atoms with van der Waals surface area (Å²) in [5.41, 5.74) is 8.53. The van der Waals surface area contributed by atoms with Crippen LogP contribution in [0.2, 0.25) is 0 Å². The van der Waals surface area contributed by atoms with E-state index in [9.17, 15) is 0 Å². The molecule has 2 aromatic rings. The SMILES string of the molecule is Cc1ccc(N)c(NCCc2cnc[nH]2)n1.